The van der Waals surface area contributed by atoms with Crippen LogP contribution in [0.1, 0.15) is 26.7 Å². The predicted octanol–water partition coefficient (Wildman–Crippen LogP) is -0.174. The van der Waals surface area contributed by atoms with Crippen LogP contribution < -0.4 is 10.0 Å². The van der Waals surface area contributed by atoms with Crippen molar-refractivity contribution in [1.29, 1.82) is 0 Å². The molecule has 0 aromatic heterocycles. The van der Waals surface area contributed by atoms with Crippen LogP contribution in [-0.2, 0) is 14.8 Å². The maximum absolute atomic E-state index is 12.2. The Bertz CT molecular complexity index is 497. The molecule has 1 saturated heterocycles. The minimum atomic E-state index is -3.23. The second-order valence-corrected chi connectivity index (χ2v) is 7.51. The van der Waals surface area contributed by atoms with Crippen LogP contribution in [0.5, 0.6) is 0 Å². The van der Waals surface area contributed by atoms with Gasteiger partial charge >= 0.3 is 6.03 Å². The molecule has 0 bridgehead atoms. The summed E-state index contributed by atoms with van der Waals surface area (Å²) in [7, 11) is -3.23. The largest absolute Gasteiger partial charge is 0.355 e. The van der Waals surface area contributed by atoms with Gasteiger partial charge in [-0.1, -0.05) is 0 Å². The lowest BCUT2D eigenvalue weighted by Gasteiger charge is -2.34. The lowest BCUT2D eigenvalue weighted by Crippen LogP contribution is -2.48. The smallest absolute Gasteiger partial charge is 0.319 e. The molecule has 8 nitrogen and oxygen atoms in total. The van der Waals surface area contributed by atoms with Crippen LogP contribution in [0.25, 0.3) is 0 Å². The van der Waals surface area contributed by atoms with Gasteiger partial charge in [0.05, 0.1) is 6.26 Å². The van der Waals surface area contributed by atoms with Gasteiger partial charge in [0.1, 0.15) is 0 Å². The van der Waals surface area contributed by atoms with Gasteiger partial charge < -0.3 is 15.1 Å². The second kappa shape index (κ2) is 9.07. The molecule has 1 heterocycles. The second-order valence-electron chi connectivity index (χ2n) is 5.67. The molecule has 0 spiro atoms. The molecule has 0 aromatic rings. The summed E-state index contributed by atoms with van der Waals surface area (Å²) in [4.78, 5) is 27.8. The minimum Gasteiger partial charge on any atom is -0.355 e. The van der Waals surface area contributed by atoms with Crippen molar-refractivity contribution in [2.24, 2.45) is 5.92 Å². The molecule has 1 rings (SSSR count). The van der Waals surface area contributed by atoms with Crippen LogP contribution in [0.3, 0.4) is 0 Å². The van der Waals surface area contributed by atoms with Crippen molar-refractivity contribution in [2.45, 2.75) is 26.7 Å². The molecule has 0 atom stereocenters. The van der Waals surface area contributed by atoms with Crippen molar-refractivity contribution < 1.29 is 18.0 Å². The number of amides is 3. The third kappa shape index (κ3) is 6.74. The number of nitrogens with one attached hydrogen (secondary N) is 2. The first-order chi connectivity index (χ1) is 10.8. The van der Waals surface area contributed by atoms with Gasteiger partial charge in [0.15, 0.2) is 0 Å². The molecule has 0 unspecified atom stereocenters. The van der Waals surface area contributed by atoms with E-state index in [2.05, 4.69) is 10.0 Å². The van der Waals surface area contributed by atoms with Gasteiger partial charge in [-0.3, -0.25) is 4.79 Å². The molecule has 2 N–H and O–H groups in total. The van der Waals surface area contributed by atoms with E-state index in [1.54, 1.807) is 9.80 Å². The number of carbonyl (C=O) groups is 2. The van der Waals surface area contributed by atoms with Crippen LogP contribution in [-0.4, -0.2) is 75.7 Å². The lowest BCUT2D eigenvalue weighted by atomic mass is 9.96. The van der Waals surface area contributed by atoms with Gasteiger partial charge in [-0.2, -0.15) is 0 Å². The molecule has 3 amide bonds. The summed E-state index contributed by atoms with van der Waals surface area (Å²) in [5.41, 5.74) is 0. The summed E-state index contributed by atoms with van der Waals surface area (Å²) in [5.74, 6) is -0.191. The molecule has 1 aliphatic heterocycles. The van der Waals surface area contributed by atoms with Crippen LogP contribution in [0.2, 0.25) is 0 Å². The number of hydrogen-bond donors (Lipinski definition) is 2. The van der Waals surface area contributed by atoms with Crippen molar-refractivity contribution >= 4 is 22.0 Å². The summed E-state index contributed by atoms with van der Waals surface area (Å²) in [6.45, 7) is 6.88. The van der Waals surface area contributed by atoms with E-state index in [9.17, 15) is 18.0 Å². The zero-order chi connectivity index (χ0) is 17.5. The Kier molecular flexibility index (Phi) is 7.77. The number of sulfonamides is 1. The summed E-state index contributed by atoms with van der Waals surface area (Å²) in [5, 5.41) is 2.73. The minimum absolute atomic E-state index is 0.0335. The Morgan fingerprint density at radius 2 is 1.70 bits per heavy atom. The molecule has 0 aromatic carbocycles. The Balaban J connectivity index is 2.32. The van der Waals surface area contributed by atoms with Crippen molar-refractivity contribution in [1.82, 2.24) is 19.8 Å². The van der Waals surface area contributed by atoms with Crippen molar-refractivity contribution in [3.8, 4) is 0 Å². The van der Waals surface area contributed by atoms with Crippen molar-refractivity contribution in [3.63, 3.8) is 0 Å². The number of piperidine rings is 1. The summed E-state index contributed by atoms with van der Waals surface area (Å²) in [6.07, 6.45) is 2.36. The van der Waals surface area contributed by atoms with Gasteiger partial charge in [-0.25, -0.2) is 17.9 Å². The SMILES string of the molecule is CCN(CC)C(=O)N1CCC(C(=O)NCCNS(C)(=O)=O)CC1. The van der Waals surface area contributed by atoms with Crippen LogP contribution in [0.4, 0.5) is 4.79 Å². The van der Waals surface area contributed by atoms with Gasteiger partial charge in [-0.05, 0) is 26.7 Å². The fraction of sp³-hybridized carbons (Fsp3) is 0.857. The topological polar surface area (TPSA) is 98.8 Å². The van der Waals surface area contributed by atoms with Gasteiger partial charge in [-0.15, -0.1) is 0 Å². The van der Waals surface area contributed by atoms with E-state index in [0.29, 0.717) is 39.0 Å². The van der Waals surface area contributed by atoms with Gasteiger partial charge in [0.2, 0.25) is 15.9 Å². The zero-order valence-electron chi connectivity index (χ0n) is 14.2. The monoisotopic (exact) mass is 348 g/mol. The van der Waals surface area contributed by atoms with Gasteiger partial charge in [0, 0.05) is 45.2 Å². The highest BCUT2D eigenvalue weighted by Crippen LogP contribution is 2.18. The zero-order valence-corrected chi connectivity index (χ0v) is 15.0. The highest BCUT2D eigenvalue weighted by molar-refractivity contribution is 7.88. The number of urea groups is 1. The summed E-state index contributed by atoms with van der Waals surface area (Å²) in [6, 6.07) is 0.0335. The highest BCUT2D eigenvalue weighted by atomic mass is 32.2. The highest BCUT2D eigenvalue weighted by Gasteiger charge is 2.28. The van der Waals surface area contributed by atoms with E-state index < -0.39 is 10.0 Å². The van der Waals surface area contributed by atoms with Crippen LogP contribution in [0, 0.1) is 5.92 Å². The quantitative estimate of drug-likeness (QED) is 0.624. The number of rotatable bonds is 7. The summed E-state index contributed by atoms with van der Waals surface area (Å²) >= 11 is 0. The fourth-order valence-corrected chi connectivity index (χ4v) is 3.07. The van der Waals surface area contributed by atoms with E-state index in [1.165, 1.54) is 0 Å². The first-order valence-electron chi connectivity index (χ1n) is 8.04. The third-order valence-electron chi connectivity index (χ3n) is 3.96. The van der Waals surface area contributed by atoms with Gasteiger partial charge in [0.25, 0.3) is 0 Å². The van der Waals surface area contributed by atoms with Crippen LogP contribution >= 0.6 is 0 Å². The number of nitrogens with zero attached hydrogens (tertiary/aromatic N) is 2. The third-order valence-corrected chi connectivity index (χ3v) is 4.69. The summed E-state index contributed by atoms with van der Waals surface area (Å²) < 4.78 is 24.2. The molecule has 1 aliphatic rings. The molecule has 23 heavy (non-hydrogen) atoms. The molecule has 0 radical (unpaired) electrons. The van der Waals surface area contributed by atoms with E-state index in [1.807, 2.05) is 13.8 Å². The fourth-order valence-electron chi connectivity index (χ4n) is 2.59. The van der Waals surface area contributed by atoms with E-state index in [-0.39, 0.29) is 30.9 Å². The molecule has 134 valence electrons. The van der Waals surface area contributed by atoms with Crippen LogP contribution in [0.15, 0.2) is 0 Å². The van der Waals surface area contributed by atoms with E-state index >= 15 is 0 Å². The van der Waals surface area contributed by atoms with E-state index in [4.69, 9.17) is 0 Å². The predicted molar refractivity (Wildman–Crippen MR) is 88.5 cm³/mol. The molecule has 0 saturated carbocycles. The normalized spacial score (nSPS) is 16.2. The maximum atomic E-state index is 12.2. The van der Waals surface area contributed by atoms with Crippen molar-refractivity contribution in [3.05, 3.63) is 0 Å². The average Bonchev–Trinajstić information content (AvgIpc) is 2.51. The number of likely N-dealkylation sites (tertiary alicyclic amines) is 1. The first kappa shape index (κ1) is 19.7. The molecular weight excluding hydrogens is 320 g/mol. The standard InChI is InChI=1S/C14H28N4O4S/c1-4-17(5-2)14(20)18-10-6-12(7-11-18)13(19)15-8-9-16-23(3,21)22/h12,16H,4-11H2,1-3H3,(H,15,19). The van der Waals surface area contributed by atoms with Crippen molar-refractivity contribution in [2.75, 3.05) is 45.5 Å². The lowest BCUT2D eigenvalue weighted by molar-refractivity contribution is -0.126. The average molecular weight is 348 g/mol. The molecule has 9 heteroatoms. The Morgan fingerprint density at radius 3 is 2.17 bits per heavy atom. The number of hydrogen-bond acceptors (Lipinski definition) is 4. The Labute approximate surface area is 138 Å². The Morgan fingerprint density at radius 1 is 1.13 bits per heavy atom. The molecule has 1 fully saturated rings. The van der Waals surface area contributed by atoms with E-state index in [0.717, 1.165) is 6.26 Å². The number of carbonyl (C=O) groups excluding carboxylic acids is 2. The molecule has 0 aliphatic carbocycles. The maximum Gasteiger partial charge on any atom is 0.319 e. The molecular formula is C14H28N4O4S. The first-order valence-corrected chi connectivity index (χ1v) is 9.93. The Hall–Kier alpha value is -1.35.